The van der Waals surface area contributed by atoms with Gasteiger partial charge in [-0.05, 0) is 81.3 Å². The van der Waals surface area contributed by atoms with Crippen LogP contribution in [0, 0.1) is 9.52 Å². The number of rotatable bonds is 3. The number of amides is 1. The number of halogens is 5. The van der Waals surface area contributed by atoms with E-state index >= 15 is 0 Å². The molecule has 1 aliphatic rings. The Hall–Kier alpha value is -1.16. The Labute approximate surface area is 192 Å². The fourth-order valence-corrected chi connectivity index (χ4v) is 5.11. The highest BCUT2D eigenvalue weighted by Gasteiger charge is 2.50. The van der Waals surface area contributed by atoms with Crippen molar-refractivity contribution in [2.75, 3.05) is 4.90 Å². The first-order valence-corrected chi connectivity index (χ1v) is 10.8. The molecule has 0 fully saturated rings. The molecule has 144 valence electrons. The highest BCUT2D eigenvalue weighted by Crippen LogP contribution is 2.43. The zero-order chi connectivity index (χ0) is 20.2. The molecular formula is C19H12BrCl2FIN3O. The molecule has 0 saturated carbocycles. The maximum absolute atomic E-state index is 14.0. The zero-order valence-electron chi connectivity index (χ0n) is 14.4. The van der Waals surface area contributed by atoms with Gasteiger partial charge in [0.1, 0.15) is 15.1 Å². The fourth-order valence-electron chi connectivity index (χ4n) is 3.47. The van der Waals surface area contributed by atoms with Crippen LogP contribution < -0.4 is 4.90 Å². The average Bonchev–Trinajstić information content (AvgIpc) is 3.08. The van der Waals surface area contributed by atoms with Gasteiger partial charge in [-0.25, -0.2) is 14.3 Å². The largest absolute Gasteiger partial charge is 0.289 e. The Morgan fingerprint density at radius 1 is 1.21 bits per heavy atom. The lowest BCUT2D eigenvalue weighted by Gasteiger charge is -2.26. The Morgan fingerprint density at radius 2 is 1.89 bits per heavy atom. The molecule has 4 nitrogen and oxygen atoms in total. The van der Waals surface area contributed by atoms with Gasteiger partial charge in [-0.15, -0.1) is 0 Å². The highest BCUT2D eigenvalue weighted by molar-refractivity contribution is 14.1. The van der Waals surface area contributed by atoms with Crippen molar-refractivity contribution in [1.82, 2.24) is 9.55 Å². The number of aromatic nitrogens is 2. The number of hydrogen-bond acceptors (Lipinski definition) is 2. The summed E-state index contributed by atoms with van der Waals surface area (Å²) in [5, 5.41) is 0.846. The third kappa shape index (κ3) is 3.26. The van der Waals surface area contributed by atoms with E-state index in [9.17, 15) is 9.18 Å². The number of anilines is 2. The fraction of sp³-hybridized carbons (Fsp3) is 0.158. The van der Waals surface area contributed by atoms with Gasteiger partial charge >= 0.3 is 0 Å². The molecular weight excluding hydrogens is 583 g/mol. The maximum Gasteiger partial charge on any atom is 0.260 e. The Balaban J connectivity index is 1.83. The summed E-state index contributed by atoms with van der Waals surface area (Å²) in [4.78, 5) is 19.5. The van der Waals surface area contributed by atoms with Crippen LogP contribution >= 0.6 is 61.7 Å². The molecule has 0 aliphatic carbocycles. The van der Waals surface area contributed by atoms with Crippen LogP contribution in [0.5, 0.6) is 0 Å². The molecule has 0 N–H and O–H groups in total. The second-order valence-corrected chi connectivity index (χ2v) is 9.52. The summed E-state index contributed by atoms with van der Waals surface area (Å²) in [5.74, 6) is -0.0754. The zero-order valence-corrected chi connectivity index (χ0v) is 19.6. The third-order valence-corrected chi connectivity index (χ3v) is 6.54. The van der Waals surface area contributed by atoms with Gasteiger partial charge < -0.3 is 0 Å². The first kappa shape index (κ1) is 20.1. The molecule has 2 heterocycles. The van der Waals surface area contributed by atoms with E-state index in [4.69, 9.17) is 23.2 Å². The van der Waals surface area contributed by atoms with E-state index in [1.165, 1.54) is 11.0 Å². The SMILES string of the molecule is CC1(Cc2ccc(Br)c(F)c2)C(=O)N(c2cc(Cl)cc(Cl)c2)c2ncc(I)n21. The molecule has 1 unspecified atom stereocenters. The number of carbonyl (C=O) groups is 1. The molecule has 0 saturated heterocycles. The highest BCUT2D eigenvalue weighted by atomic mass is 127. The molecule has 2 aromatic carbocycles. The van der Waals surface area contributed by atoms with Crippen molar-refractivity contribution < 1.29 is 9.18 Å². The number of carbonyl (C=O) groups excluding carboxylic acids is 1. The topological polar surface area (TPSA) is 38.1 Å². The molecule has 1 atom stereocenters. The molecule has 28 heavy (non-hydrogen) atoms. The summed E-state index contributed by atoms with van der Waals surface area (Å²) in [5.41, 5.74) is 0.270. The van der Waals surface area contributed by atoms with Crippen molar-refractivity contribution in [3.8, 4) is 0 Å². The van der Waals surface area contributed by atoms with Crippen LogP contribution in [0.2, 0.25) is 10.0 Å². The van der Waals surface area contributed by atoms with Crippen LogP contribution in [0.25, 0.3) is 0 Å². The third-order valence-electron chi connectivity index (χ3n) is 4.70. The number of hydrogen-bond donors (Lipinski definition) is 0. The summed E-state index contributed by atoms with van der Waals surface area (Å²) in [6, 6.07) is 9.82. The molecule has 0 bridgehead atoms. The van der Waals surface area contributed by atoms with Gasteiger partial charge in [0.25, 0.3) is 5.91 Å². The van der Waals surface area contributed by atoms with E-state index in [-0.39, 0.29) is 11.7 Å². The molecule has 1 aromatic heterocycles. The predicted molar refractivity (Wildman–Crippen MR) is 120 cm³/mol. The lowest BCUT2D eigenvalue weighted by molar-refractivity contribution is -0.124. The Morgan fingerprint density at radius 3 is 2.54 bits per heavy atom. The monoisotopic (exact) mass is 593 g/mol. The van der Waals surface area contributed by atoms with Gasteiger partial charge in [0, 0.05) is 16.5 Å². The quantitative estimate of drug-likeness (QED) is 0.332. The Bertz CT molecular complexity index is 1100. The van der Waals surface area contributed by atoms with Gasteiger partial charge in [-0.2, -0.15) is 0 Å². The summed E-state index contributed by atoms with van der Waals surface area (Å²) >= 11 is 17.6. The summed E-state index contributed by atoms with van der Waals surface area (Å²) < 4.78 is 17.1. The van der Waals surface area contributed by atoms with E-state index in [0.29, 0.717) is 38.1 Å². The van der Waals surface area contributed by atoms with Gasteiger partial charge in [0.15, 0.2) is 0 Å². The van der Waals surface area contributed by atoms with Gasteiger partial charge in [0.2, 0.25) is 5.95 Å². The van der Waals surface area contributed by atoms with Crippen LogP contribution in [0.4, 0.5) is 16.0 Å². The van der Waals surface area contributed by atoms with Crippen molar-refractivity contribution in [2.45, 2.75) is 18.9 Å². The smallest absolute Gasteiger partial charge is 0.260 e. The average molecular weight is 595 g/mol. The summed E-state index contributed by atoms with van der Waals surface area (Å²) in [6.45, 7) is 1.83. The molecule has 9 heteroatoms. The number of imidazole rings is 1. The van der Waals surface area contributed by atoms with Crippen molar-refractivity contribution in [2.24, 2.45) is 0 Å². The standard InChI is InChI=1S/C19H12BrCl2FIN3O/c1-19(8-10-2-3-14(20)15(23)4-10)17(28)26(18-25-9-16(24)27(18)19)13-6-11(21)5-12(22)7-13/h2-7,9H,8H2,1H3. The van der Waals surface area contributed by atoms with E-state index < -0.39 is 5.54 Å². The van der Waals surface area contributed by atoms with E-state index in [0.717, 1.165) is 3.70 Å². The lowest BCUT2D eigenvalue weighted by atomic mass is 9.92. The molecule has 3 aromatic rings. The molecule has 1 aliphatic heterocycles. The second-order valence-electron chi connectivity index (χ2n) is 6.68. The second kappa shape index (κ2) is 7.27. The van der Waals surface area contributed by atoms with E-state index in [1.807, 2.05) is 11.5 Å². The number of fused-ring (bicyclic) bond motifs is 1. The maximum atomic E-state index is 14.0. The minimum Gasteiger partial charge on any atom is -0.289 e. The molecule has 1 amide bonds. The van der Waals surface area contributed by atoms with E-state index in [1.54, 1.807) is 36.5 Å². The first-order valence-electron chi connectivity index (χ1n) is 8.19. The number of benzene rings is 2. The van der Waals surface area contributed by atoms with Crippen molar-refractivity contribution in [3.05, 3.63) is 72.2 Å². The van der Waals surface area contributed by atoms with Crippen LogP contribution in [0.15, 0.2) is 47.1 Å². The van der Waals surface area contributed by atoms with Crippen LogP contribution in [0.1, 0.15) is 12.5 Å². The van der Waals surface area contributed by atoms with Crippen molar-refractivity contribution >= 4 is 79.3 Å². The first-order chi connectivity index (χ1) is 13.2. The van der Waals surface area contributed by atoms with Gasteiger partial charge in [-0.3, -0.25) is 9.36 Å². The predicted octanol–water partition coefficient (Wildman–Crippen LogP) is 6.33. The van der Waals surface area contributed by atoms with Crippen molar-refractivity contribution in [1.29, 1.82) is 0 Å². The normalized spacial score (nSPS) is 18.6. The minimum atomic E-state index is -0.975. The van der Waals surface area contributed by atoms with Crippen LogP contribution in [-0.2, 0) is 16.8 Å². The summed E-state index contributed by atoms with van der Waals surface area (Å²) in [6.07, 6.45) is 2.00. The van der Waals surface area contributed by atoms with Gasteiger partial charge in [-0.1, -0.05) is 29.3 Å². The molecule has 0 radical (unpaired) electrons. The van der Waals surface area contributed by atoms with E-state index in [2.05, 4.69) is 43.5 Å². The molecule has 0 spiro atoms. The minimum absolute atomic E-state index is 0.185. The Kier molecular flexibility index (Phi) is 5.22. The molecule has 4 rings (SSSR count). The van der Waals surface area contributed by atoms with Crippen LogP contribution in [-0.4, -0.2) is 15.5 Å². The van der Waals surface area contributed by atoms with Crippen molar-refractivity contribution in [3.63, 3.8) is 0 Å². The van der Waals surface area contributed by atoms with Crippen LogP contribution in [0.3, 0.4) is 0 Å². The summed E-state index contributed by atoms with van der Waals surface area (Å²) in [7, 11) is 0. The van der Waals surface area contributed by atoms with Gasteiger partial charge in [0.05, 0.1) is 16.4 Å². The lowest BCUT2D eigenvalue weighted by Crippen LogP contribution is -2.41. The number of nitrogens with zero attached hydrogens (tertiary/aromatic N) is 3.